The fourth-order valence-corrected chi connectivity index (χ4v) is 6.54. The van der Waals surface area contributed by atoms with Crippen molar-refractivity contribution >= 4 is 11.4 Å². The van der Waals surface area contributed by atoms with Gasteiger partial charge < -0.3 is 0 Å². The van der Waals surface area contributed by atoms with Gasteiger partial charge in [-0.1, -0.05) is 72.9 Å². The fraction of sp³-hybridized carbons (Fsp3) is 0.167. The van der Waals surface area contributed by atoms with Crippen LogP contribution in [0.25, 0.3) is 0 Å². The van der Waals surface area contributed by atoms with Crippen LogP contribution in [0.1, 0.15) is 5.56 Å². The van der Waals surface area contributed by atoms with Gasteiger partial charge in [0.25, 0.3) is 0 Å². The van der Waals surface area contributed by atoms with Crippen molar-refractivity contribution in [3.63, 3.8) is 0 Å². The van der Waals surface area contributed by atoms with Crippen molar-refractivity contribution < 1.29 is 0 Å². The van der Waals surface area contributed by atoms with E-state index in [1.165, 1.54) is 0 Å². The monoisotopic (exact) mass is 405 g/mol. The smallest absolute Gasteiger partial charge is 0.0683 e. The third-order valence-corrected chi connectivity index (χ3v) is 7.91. The van der Waals surface area contributed by atoms with Crippen LogP contribution in [0.3, 0.4) is 0 Å². The minimum atomic E-state index is -0.861. The third kappa shape index (κ3) is 1.87. The molecule has 0 bridgehead atoms. The van der Waals surface area contributed by atoms with Gasteiger partial charge in [0.15, 0.2) is 0 Å². The number of rotatable bonds is 9. The first-order valence-corrected chi connectivity index (χ1v) is 10.3. The van der Waals surface area contributed by atoms with E-state index in [1.54, 1.807) is 0 Å². The van der Waals surface area contributed by atoms with Crippen molar-refractivity contribution in [3.05, 3.63) is 144 Å². The van der Waals surface area contributed by atoms with Crippen LogP contribution in [0.5, 0.6) is 0 Å². The van der Waals surface area contributed by atoms with Crippen molar-refractivity contribution in [1.29, 1.82) is 0 Å². The van der Waals surface area contributed by atoms with Gasteiger partial charge in [0.2, 0.25) is 0 Å². The van der Waals surface area contributed by atoms with Crippen LogP contribution in [-0.2, 0) is 5.41 Å². The number of nitrogens with zero attached hydrogens (tertiary/aromatic N) is 1. The molecule has 0 N–H and O–H groups in total. The molecular weight excluding hydrogens is 374 g/mol. The molecule has 1 saturated carbocycles. The van der Waals surface area contributed by atoms with E-state index in [-0.39, 0.29) is 0 Å². The molecule has 0 spiro atoms. The Hall–Kier alpha value is -3.45. The summed E-state index contributed by atoms with van der Waals surface area (Å²) in [4.78, 5) is 5.17. The Kier molecular flexibility index (Phi) is 5.06. The summed E-state index contributed by atoms with van der Waals surface area (Å²) < 4.78 is 0. The van der Waals surface area contributed by atoms with Crippen molar-refractivity contribution in [1.82, 2.24) is 0 Å². The van der Waals surface area contributed by atoms with Crippen molar-refractivity contribution in [2.75, 3.05) is 0 Å². The van der Waals surface area contributed by atoms with E-state index in [0.29, 0.717) is 0 Å². The predicted molar refractivity (Wildman–Crippen MR) is 137 cm³/mol. The average Bonchev–Trinajstić information content (AvgIpc) is 3.18. The lowest BCUT2D eigenvalue weighted by Gasteiger charge is -2.70. The second kappa shape index (κ2) is 7.06. The van der Waals surface area contributed by atoms with Crippen molar-refractivity contribution in [2.24, 2.45) is 26.7 Å². The summed E-state index contributed by atoms with van der Waals surface area (Å²) in [6.07, 6.45) is 17.1. The van der Waals surface area contributed by atoms with Gasteiger partial charge >= 0.3 is 0 Å². The molecule has 1 aromatic rings. The van der Waals surface area contributed by atoms with E-state index in [1.807, 2.05) is 72.9 Å². The molecule has 0 radical (unpaired) electrons. The largest absolute Gasteiger partial charge is 0.255 e. The Morgan fingerprint density at radius 1 is 0.548 bits per heavy atom. The summed E-state index contributed by atoms with van der Waals surface area (Å²) in [5, 5.41) is 0. The second-order valence-corrected chi connectivity index (χ2v) is 8.10. The van der Waals surface area contributed by atoms with Crippen LogP contribution < -0.4 is 0 Å². The molecule has 156 valence electrons. The predicted octanol–water partition coefficient (Wildman–Crippen LogP) is 7.64. The molecule has 1 aliphatic carbocycles. The van der Waals surface area contributed by atoms with Gasteiger partial charge in [-0.15, -0.1) is 59.2 Å². The van der Waals surface area contributed by atoms with Crippen LogP contribution in [-0.4, -0.2) is 5.71 Å². The van der Waals surface area contributed by atoms with Crippen LogP contribution in [0.4, 0.5) is 5.69 Å². The van der Waals surface area contributed by atoms with Crippen LogP contribution >= 0.6 is 0 Å². The molecule has 1 aromatic carbocycles. The number of benzene rings is 1. The number of hydrogen-bond acceptors (Lipinski definition) is 1. The van der Waals surface area contributed by atoms with E-state index < -0.39 is 27.1 Å². The molecule has 3 rings (SSSR count). The zero-order valence-corrected chi connectivity index (χ0v) is 18.3. The van der Waals surface area contributed by atoms with Crippen molar-refractivity contribution in [3.8, 4) is 0 Å². The zero-order valence-electron chi connectivity index (χ0n) is 18.3. The summed E-state index contributed by atoms with van der Waals surface area (Å²) in [5.41, 5.74) is -1.50. The van der Waals surface area contributed by atoms with Gasteiger partial charge in [0.1, 0.15) is 0 Å². The molecule has 0 saturated heterocycles. The number of hydrogen-bond donors (Lipinski definition) is 0. The highest BCUT2D eigenvalue weighted by Gasteiger charge is 2.77. The Labute approximate surface area is 187 Å². The first-order valence-electron chi connectivity index (χ1n) is 10.3. The van der Waals surface area contributed by atoms with E-state index in [9.17, 15) is 0 Å². The topological polar surface area (TPSA) is 12.4 Å². The van der Waals surface area contributed by atoms with Gasteiger partial charge in [0.05, 0.1) is 16.5 Å². The normalized spacial score (nSPS) is 25.4. The molecule has 1 fully saturated rings. The van der Waals surface area contributed by atoms with Gasteiger partial charge in [-0.05, 0) is 11.6 Å². The number of fused-ring (bicyclic) bond motifs is 3. The minimum Gasteiger partial charge on any atom is -0.255 e. The molecule has 1 heterocycles. The average molecular weight is 406 g/mol. The number of allylic oxidation sites excluding steroid dienone is 9. The standard InChI is InChI=1S/C30H31N/c1-10-26(11-2)25-30(18-9,23-21-19-20-22-24(23)31-25)29(16-7,17-8)28(14-5,15-6)27(26,12-3)13-4/h10-22H,1-9H2. The molecule has 1 aliphatic heterocycles. The van der Waals surface area contributed by atoms with E-state index >= 15 is 0 Å². The maximum atomic E-state index is 5.17. The first-order chi connectivity index (χ1) is 14.9. The second-order valence-electron chi connectivity index (χ2n) is 8.10. The Morgan fingerprint density at radius 3 is 1.45 bits per heavy atom. The molecule has 1 heteroatoms. The van der Waals surface area contributed by atoms with Gasteiger partial charge in [-0.2, -0.15) is 0 Å². The van der Waals surface area contributed by atoms with Crippen molar-refractivity contribution in [2.45, 2.75) is 5.41 Å². The summed E-state index contributed by atoms with van der Waals surface area (Å²) in [6.45, 7) is 38.4. The first kappa shape index (κ1) is 22.2. The lowest BCUT2D eigenvalue weighted by Crippen LogP contribution is -2.72. The highest BCUT2D eigenvalue weighted by Crippen LogP contribution is 2.77. The van der Waals surface area contributed by atoms with E-state index in [2.05, 4.69) is 65.3 Å². The summed E-state index contributed by atoms with van der Waals surface area (Å²) in [5.74, 6) is 0. The summed E-state index contributed by atoms with van der Waals surface area (Å²) in [7, 11) is 0. The molecular formula is C30H31N. The van der Waals surface area contributed by atoms with Gasteiger partial charge in [0, 0.05) is 22.0 Å². The lowest BCUT2D eigenvalue weighted by molar-refractivity contribution is 0.0334. The highest BCUT2D eigenvalue weighted by atomic mass is 14.9. The Balaban J connectivity index is 2.80. The van der Waals surface area contributed by atoms with E-state index in [4.69, 9.17) is 4.99 Å². The third-order valence-electron chi connectivity index (χ3n) is 7.91. The quantitative estimate of drug-likeness (QED) is 0.374. The Morgan fingerprint density at radius 2 is 1.03 bits per heavy atom. The molecule has 1 unspecified atom stereocenters. The summed E-state index contributed by atoms with van der Waals surface area (Å²) in [6, 6.07) is 8.08. The Bertz CT molecular complexity index is 1040. The van der Waals surface area contributed by atoms with Crippen LogP contribution in [0.15, 0.2) is 143 Å². The summed E-state index contributed by atoms with van der Waals surface area (Å²) >= 11 is 0. The van der Waals surface area contributed by atoms with Gasteiger partial charge in [-0.25, -0.2) is 0 Å². The fourth-order valence-electron chi connectivity index (χ4n) is 6.54. The maximum absolute atomic E-state index is 5.17. The maximum Gasteiger partial charge on any atom is 0.0683 e. The van der Waals surface area contributed by atoms with Gasteiger partial charge in [-0.3, -0.25) is 4.99 Å². The number of aliphatic imine (C=N–C) groups is 1. The molecule has 2 aliphatic rings. The lowest BCUT2D eigenvalue weighted by atomic mass is 9.30. The van der Waals surface area contributed by atoms with E-state index in [0.717, 1.165) is 17.0 Å². The number of para-hydroxylation sites is 1. The molecule has 1 atom stereocenters. The molecule has 1 nitrogen and oxygen atoms in total. The highest BCUT2D eigenvalue weighted by molar-refractivity contribution is 6.12. The van der Waals surface area contributed by atoms with Crippen LogP contribution in [0.2, 0.25) is 0 Å². The zero-order chi connectivity index (χ0) is 23.1. The molecule has 31 heavy (non-hydrogen) atoms. The SMILES string of the molecule is C=CC1(C=C)C2=Nc3ccccc3C2(C=C)C(C=C)(C=C)C(C=C)(C=C)C1(C=C)C=C. The molecule has 0 amide bonds. The molecule has 0 aromatic heterocycles. The van der Waals surface area contributed by atoms with Crippen LogP contribution in [0, 0.1) is 21.7 Å². The minimum absolute atomic E-state index is 0.798.